The molecule has 0 aromatic carbocycles. The third-order valence-electron chi connectivity index (χ3n) is 1.27. The van der Waals surface area contributed by atoms with Crippen molar-refractivity contribution >= 4 is 31.9 Å². The average Bonchev–Trinajstić information content (AvgIpc) is 2.05. The number of methoxy groups -OCH3 is 1. The van der Waals surface area contributed by atoms with Crippen molar-refractivity contribution in [1.29, 1.82) is 0 Å². The largest absolute Gasteiger partial charge is 0.495 e. The van der Waals surface area contributed by atoms with Crippen molar-refractivity contribution in [2.24, 2.45) is 0 Å². The molecule has 0 unspecified atom stereocenters. The number of hydrogen-bond acceptors (Lipinski definition) is 2. The third-order valence-corrected chi connectivity index (χ3v) is 2.58. The first-order valence-electron chi connectivity index (χ1n) is 3.02. The zero-order valence-corrected chi connectivity index (χ0v) is 9.15. The van der Waals surface area contributed by atoms with Crippen LogP contribution in [-0.2, 0) is 5.33 Å². The summed E-state index contributed by atoms with van der Waals surface area (Å²) in [6, 6.07) is 1.94. The maximum atomic E-state index is 5.01. The van der Waals surface area contributed by atoms with Crippen LogP contribution in [0, 0.1) is 0 Å². The van der Waals surface area contributed by atoms with E-state index in [4.69, 9.17) is 4.74 Å². The third kappa shape index (κ3) is 2.17. The molecule has 0 aliphatic carbocycles. The van der Waals surface area contributed by atoms with Crippen LogP contribution in [0.2, 0.25) is 0 Å². The van der Waals surface area contributed by atoms with E-state index in [9.17, 15) is 0 Å². The van der Waals surface area contributed by atoms with Crippen LogP contribution in [-0.4, -0.2) is 12.1 Å². The first kappa shape index (κ1) is 9.00. The SMILES string of the molecule is COc1cnc(Br)c(CBr)c1. The van der Waals surface area contributed by atoms with Crippen LogP contribution in [0.25, 0.3) is 0 Å². The van der Waals surface area contributed by atoms with Gasteiger partial charge < -0.3 is 4.74 Å². The molecule has 4 heteroatoms. The van der Waals surface area contributed by atoms with Crippen molar-refractivity contribution in [3.63, 3.8) is 0 Å². The van der Waals surface area contributed by atoms with E-state index in [1.165, 1.54) is 0 Å². The number of rotatable bonds is 2. The van der Waals surface area contributed by atoms with Crippen molar-refractivity contribution in [3.8, 4) is 5.75 Å². The summed E-state index contributed by atoms with van der Waals surface area (Å²) in [6.07, 6.45) is 1.68. The Morgan fingerprint density at radius 2 is 2.36 bits per heavy atom. The molecule has 1 aromatic heterocycles. The van der Waals surface area contributed by atoms with E-state index in [-0.39, 0.29) is 0 Å². The summed E-state index contributed by atoms with van der Waals surface area (Å²) in [5.74, 6) is 0.780. The molecule has 1 rings (SSSR count). The molecule has 2 nitrogen and oxygen atoms in total. The van der Waals surface area contributed by atoms with Crippen molar-refractivity contribution in [1.82, 2.24) is 4.98 Å². The van der Waals surface area contributed by atoms with Crippen LogP contribution in [0.1, 0.15) is 5.56 Å². The topological polar surface area (TPSA) is 22.1 Å². The Balaban J connectivity index is 3.02. The molecular weight excluding hydrogens is 274 g/mol. The van der Waals surface area contributed by atoms with Crippen LogP contribution in [0.4, 0.5) is 0 Å². The molecule has 11 heavy (non-hydrogen) atoms. The summed E-state index contributed by atoms with van der Waals surface area (Å²) in [7, 11) is 1.63. The van der Waals surface area contributed by atoms with Gasteiger partial charge in [-0.3, -0.25) is 0 Å². The lowest BCUT2D eigenvalue weighted by Crippen LogP contribution is -1.88. The Morgan fingerprint density at radius 1 is 1.64 bits per heavy atom. The predicted octanol–water partition coefficient (Wildman–Crippen LogP) is 2.75. The lowest BCUT2D eigenvalue weighted by atomic mass is 10.3. The second-order valence-corrected chi connectivity index (χ2v) is 3.27. The smallest absolute Gasteiger partial charge is 0.137 e. The molecule has 0 aliphatic heterocycles. The van der Waals surface area contributed by atoms with Crippen molar-refractivity contribution in [2.75, 3.05) is 7.11 Å². The van der Waals surface area contributed by atoms with Gasteiger partial charge >= 0.3 is 0 Å². The molecule has 0 fully saturated rings. The summed E-state index contributed by atoms with van der Waals surface area (Å²) in [6.45, 7) is 0. The first-order chi connectivity index (χ1) is 5.27. The number of halogens is 2. The maximum absolute atomic E-state index is 5.01. The normalized spacial score (nSPS) is 9.73. The van der Waals surface area contributed by atoms with Gasteiger partial charge in [0.2, 0.25) is 0 Å². The van der Waals surface area contributed by atoms with Gasteiger partial charge in [0, 0.05) is 5.33 Å². The minimum Gasteiger partial charge on any atom is -0.495 e. The fourth-order valence-corrected chi connectivity index (χ4v) is 1.84. The molecule has 0 bridgehead atoms. The number of pyridine rings is 1. The fraction of sp³-hybridized carbons (Fsp3) is 0.286. The molecule has 0 atom stereocenters. The Hall–Kier alpha value is -0.0900. The molecule has 1 heterocycles. The van der Waals surface area contributed by atoms with E-state index in [0.29, 0.717) is 0 Å². The molecular formula is C7H7Br2NO. The number of alkyl halides is 1. The number of hydrogen-bond donors (Lipinski definition) is 0. The van der Waals surface area contributed by atoms with Crippen LogP contribution in [0.3, 0.4) is 0 Å². The Bertz CT molecular complexity index is 252. The van der Waals surface area contributed by atoms with E-state index >= 15 is 0 Å². The van der Waals surface area contributed by atoms with Gasteiger partial charge in [0.1, 0.15) is 10.4 Å². The Labute approximate surface area is 82.2 Å². The number of nitrogens with zero attached hydrogens (tertiary/aromatic N) is 1. The highest BCUT2D eigenvalue weighted by molar-refractivity contribution is 9.10. The van der Waals surface area contributed by atoms with Gasteiger partial charge in [-0.2, -0.15) is 0 Å². The van der Waals surface area contributed by atoms with E-state index in [1.54, 1.807) is 13.3 Å². The quantitative estimate of drug-likeness (QED) is 0.614. The van der Waals surface area contributed by atoms with E-state index in [2.05, 4.69) is 36.8 Å². The number of ether oxygens (including phenoxy) is 1. The first-order valence-corrected chi connectivity index (χ1v) is 4.93. The zero-order chi connectivity index (χ0) is 8.27. The van der Waals surface area contributed by atoms with Crippen LogP contribution in [0.5, 0.6) is 5.75 Å². The Morgan fingerprint density at radius 3 is 2.91 bits per heavy atom. The molecule has 0 spiro atoms. The second kappa shape index (κ2) is 4.07. The summed E-state index contributed by atoms with van der Waals surface area (Å²) >= 11 is 6.67. The number of aromatic nitrogens is 1. The van der Waals surface area contributed by atoms with Crippen molar-refractivity contribution in [2.45, 2.75) is 5.33 Å². The molecule has 0 saturated carbocycles. The molecule has 0 amide bonds. The lowest BCUT2D eigenvalue weighted by Gasteiger charge is -2.02. The molecule has 0 saturated heterocycles. The van der Waals surface area contributed by atoms with Gasteiger partial charge in [0.25, 0.3) is 0 Å². The van der Waals surface area contributed by atoms with E-state index in [0.717, 1.165) is 21.2 Å². The van der Waals surface area contributed by atoms with Crippen molar-refractivity contribution < 1.29 is 4.74 Å². The lowest BCUT2D eigenvalue weighted by molar-refractivity contribution is 0.412. The van der Waals surface area contributed by atoms with Gasteiger partial charge in [0.15, 0.2) is 0 Å². The van der Waals surface area contributed by atoms with Crippen LogP contribution < -0.4 is 4.74 Å². The van der Waals surface area contributed by atoms with Gasteiger partial charge in [-0.15, -0.1) is 0 Å². The van der Waals surface area contributed by atoms with E-state index < -0.39 is 0 Å². The molecule has 0 radical (unpaired) electrons. The average molecular weight is 281 g/mol. The summed E-state index contributed by atoms with van der Waals surface area (Å²) in [5.41, 5.74) is 1.09. The second-order valence-electron chi connectivity index (χ2n) is 1.96. The van der Waals surface area contributed by atoms with E-state index in [1.807, 2.05) is 6.07 Å². The summed E-state index contributed by atoms with van der Waals surface area (Å²) in [5, 5.41) is 0.776. The zero-order valence-electron chi connectivity index (χ0n) is 5.97. The minimum absolute atomic E-state index is 0.776. The summed E-state index contributed by atoms with van der Waals surface area (Å²) in [4.78, 5) is 4.08. The highest BCUT2D eigenvalue weighted by Gasteiger charge is 2.00. The van der Waals surface area contributed by atoms with Gasteiger partial charge in [0.05, 0.1) is 13.3 Å². The Kier molecular flexibility index (Phi) is 3.33. The van der Waals surface area contributed by atoms with Crippen LogP contribution >= 0.6 is 31.9 Å². The molecule has 0 N–H and O–H groups in total. The van der Waals surface area contributed by atoms with Gasteiger partial charge in [-0.25, -0.2) is 4.98 Å². The van der Waals surface area contributed by atoms with Crippen molar-refractivity contribution in [3.05, 3.63) is 22.4 Å². The summed E-state index contributed by atoms with van der Waals surface area (Å²) < 4.78 is 5.86. The molecule has 0 aliphatic rings. The van der Waals surface area contributed by atoms with Crippen LogP contribution in [0.15, 0.2) is 16.9 Å². The molecule has 60 valence electrons. The maximum Gasteiger partial charge on any atom is 0.137 e. The minimum atomic E-state index is 0.776. The van der Waals surface area contributed by atoms with Gasteiger partial charge in [-0.1, -0.05) is 15.9 Å². The predicted molar refractivity (Wildman–Crippen MR) is 51.1 cm³/mol. The fourth-order valence-electron chi connectivity index (χ4n) is 0.677. The highest BCUT2D eigenvalue weighted by Crippen LogP contribution is 2.21. The highest BCUT2D eigenvalue weighted by atomic mass is 79.9. The monoisotopic (exact) mass is 279 g/mol. The standard InChI is InChI=1S/C7H7Br2NO/c1-11-6-2-5(3-8)7(9)10-4-6/h2,4H,3H2,1H3. The molecule has 1 aromatic rings. The van der Waals surface area contributed by atoms with Gasteiger partial charge in [-0.05, 0) is 27.6 Å².